The zero-order valence-corrected chi connectivity index (χ0v) is 12.4. The minimum atomic E-state index is 0.686. The Morgan fingerprint density at radius 3 is 2.75 bits per heavy atom. The fraction of sp³-hybridized carbons (Fsp3) is 0.250. The van der Waals surface area contributed by atoms with Crippen molar-refractivity contribution >= 4 is 17.4 Å². The first-order chi connectivity index (χ1) is 9.79. The summed E-state index contributed by atoms with van der Waals surface area (Å²) >= 11 is 1.78. The Morgan fingerprint density at radius 2 is 1.95 bits per heavy atom. The number of ether oxygens (including phenoxy) is 2. The topological polar surface area (TPSA) is 44.5 Å². The van der Waals surface area contributed by atoms with Crippen LogP contribution in [0.1, 0.15) is 6.42 Å². The van der Waals surface area contributed by atoms with Crippen LogP contribution in [0.3, 0.4) is 0 Å². The molecule has 20 heavy (non-hydrogen) atoms. The third-order valence-corrected chi connectivity index (χ3v) is 3.88. The molecule has 2 aromatic carbocycles. The summed E-state index contributed by atoms with van der Waals surface area (Å²) < 4.78 is 11.0. The maximum Gasteiger partial charge on any atom is 0.132 e. The predicted molar refractivity (Wildman–Crippen MR) is 84.7 cm³/mol. The summed E-state index contributed by atoms with van der Waals surface area (Å²) in [6.45, 7) is 0.686. The molecule has 2 N–H and O–H groups in total. The molecule has 2 aromatic rings. The van der Waals surface area contributed by atoms with E-state index in [-0.39, 0.29) is 0 Å². The third kappa shape index (κ3) is 4.38. The SMILES string of the molecule is COc1ccccc1SCCCOc1cccc(N)c1. The largest absolute Gasteiger partial charge is 0.496 e. The molecule has 0 bridgehead atoms. The Bertz CT molecular complexity index is 546. The molecular weight excluding hydrogens is 270 g/mol. The minimum Gasteiger partial charge on any atom is -0.496 e. The van der Waals surface area contributed by atoms with Gasteiger partial charge in [-0.05, 0) is 30.7 Å². The summed E-state index contributed by atoms with van der Waals surface area (Å²) in [7, 11) is 1.70. The summed E-state index contributed by atoms with van der Waals surface area (Å²) in [6, 6.07) is 15.6. The number of hydrogen-bond acceptors (Lipinski definition) is 4. The number of anilines is 1. The van der Waals surface area contributed by atoms with Crippen molar-refractivity contribution in [2.45, 2.75) is 11.3 Å². The van der Waals surface area contributed by atoms with Gasteiger partial charge in [0.2, 0.25) is 0 Å². The van der Waals surface area contributed by atoms with Gasteiger partial charge in [-0.15, -0.1) is 11.8 Å². The second kappa shape index (κ2) is 7.70. The Hall–Kier alpha value is -1.81. The van der Waals surface area contributed by atoms with Crippen molar-refractivity contribution in [1.82, 2.24) is 0 Å². The van der Waals surface area contributed by atoms with Crippen LogP contribution in [0.5, 0.6) is 11.5 Å². The molecule has 4 heteroatoms. The number of methoxy groups -OCH3 is 1. The molecule has 0 aliphatic heterocycles. The zero-order chi connectivity index (χ0) is 14.2. The number of nitrogen functional groups attached to an aromatic ring is 1. The molecule has 0 atom stereocenters. The van der Waals surface area contributed by atoms with E-state index in [1.54, 1.807) is 18.9 Å². The van der Waals surface area contributed by atoms with Gasteiger partial charge in [-0.1, -0.05) is 18.2 Å². The van der Waals surface area contributed by atoms with Crippen molar-refractivity contribution < 1.29 is 9.47 Å². The van der Waals surface area contributed by atoms with Gasteiger partial charge in [-0.25, -0.2) is 0 Å². The van der Waals surface area contributed by atoms with Crippen molar-refractivity contribution in [2.75, 3.05) is 25.2 Å². The van der Waals surface area contributed by atoms with Crippen molar-refractivity contribution in [3.8, 4) is 11.5 Å². The number of hydrogen-bond donors (Lipinski definition) is 1. The lowest BCUT2D eigenvalue weighted by Crippen LogP contribution is -1.99. The van der Waals surface area contributed by atoms with Gasteiger partial charge in [0, 0.05) is 22.4 Å². The van der Waals surface area contributed by atoms with Crippen molar-refractivity contribution in [1.29, 1.82) is 0 Å². The van der Waals surface area contributed by atoms with Crippen molar-refractivity contribution in [3.05, 3.63) is 48.5 Å². The van der Waals surface area contributed by atoms with Gasteiger partial charge in [-0.2, -0.15) is 0 Å². The molecule has 0 aromatic heterocycles. The highest BCUT2D eigenvalue weighted by molar-refractivity contribution is 7.99. The van der Waals surface area contributed by atoms with Crippen LogP contribution in [0, 0.1) is 0 Å². The van der Waals surface area contributed by atoms with E-state index in [0.29, 0.717) is 6.61 Å². The van der Waals surface area contributed by atoms with Gasteiger partial charge in [0.25, 0.3) is 0 Å². The van der Waals surface area contributed by atoms with E-state index in [9.17, 15) is 0 Å². The fourth-order valence-electron chi connectivity index (χ4n) is 1.77. The average Bonchev–Trinajstić information content (AvgIpc) is 2.47. The number of thioether (sulfide) groups is 1. The molecule has 0 saturated carbocycles. The summed E-state index contributed by atoms with van der Waals surface area (Å²) in [4.78, 5) is 1.17. The third-order valence-electron chi connectivity index (χ3n) is 2.74. The van der Waals surface area contributed by atoms with E-state index in [1.807, 2.05) is 42.5 Å². The Morgan fingerprint density at radius 1 is 1.10 bits per heavy atom. The minimum absolute atomic E-state index is 0.686. The molecule has 2 rings (SSSR count). The number of benzene rings is 2. The molecule has 0 spiro atoms. The quantitative estimate of drug-likeness (QED) is 0.478. The summed E-state index contributed by atoms with van der Waals surface area (Å²) in [5.74, 6) is 2.74. The molecule has 106 valence electrons. The average molecular weight is 289 g/mol. The normalized spacial score (nSPS) is 10.2. The van der Waals surface area contributed by atoms with Gasteiger partial charge in [0.1, 0.15) is 11.5 Å². The maximum atomic E-state index is 5.70. The van der Waals surface area contributed by atoms with Crippen LogP contribution in [-0.4, -0.2) is 19.5 Å². The fourth-order valence-corrected chi connectivity index (χ4v) is 2.72. The lowest BCUT2D eigenvalue weighted by molar-refractivity contribution is 0.319. The molecule has 0 radical (unpaired) electrons. The molecule has 0 aliphatic rings. The van der Waals surface area contributed by atoms with Gasteiger partial charge < -0.3 is 15.2 Å². The van der Waals surface area contributed by atoms with Crippen LogP contribution in [0.2, 0.25) is 0 Å². The van der Waals surface area contributed by atoms with Crippen LogP contribution in [0.15, 0.2) is 53.4 Å². The van der Waals surface area contributed by atoms with E-state index in [0.717, 1.165) is 29.4 Å². The van der Waals surface area contributed by atoms with Crippen LogP contribution >= 0.6 is 11.8 Å². The molecule has 0 unspecified atom stereocenters. The first-order valence-corrected chi connectivity index (χ1v) is 7.52. The highest BCUT2D eigenvalue weighted by Crippen LogP contribution is 2.29. The van der Waals surface area contributed by atoms with E-state index in [1.165, 1.54) is 4.90 Å². The maximum absolute atomic E-state index is 5.70. The number of rotatable bonds is 7. The van der Waals surface area contributed by atoms with Gasteiger partial charge in [0.15, 0.2) is 0 Å². The van der Waals surface area contributed by atoms with E-state index >= 15 is 0 Å². The summed E-state index contributed by atoms with van der Waals surface area (Å²) in [5.41, 5.74) is 6.43. The van der Waals surface area contributed by atoms with Gasteiger partial charge in [-0.3, -0.25) is 0 Å². The predicted octanol–water partition coefficient (Wildman–Crippen LogP) is 3.84. The smallest absolute Gasteiger partial charge is 0.132 e. The van der Waals surface area contributed by atoms with Gasteiger partial charge >= 0.3 is 0 Å². The monoisotopic (exact) mass is 289 g/mol. The standard InChI is InChI=1S/C16H19NO2S/c1-18-15-8-2-3-9-16(15)20-11-5-10-19-14-7-4-6-13(17)12-14/h2-4,6-9,12H,5,10-11,17H2,1H3. The first-order valence-electron chi connectivity index (χ1n) is 6.54. The Labute approximate surface area is 124 Å². The van der Waals surface area contributed by atoms with E-state index in [4.69, 9.17) is 15.2 Å². The van der Waals surface area contributed by atoms with E-state index in [2.05, 4.69) is 6.07 Å². The first kappa shape index (κ1) is 14.6. The van der Waals surface area contributed by atoms with Crippen molar-refractivity contribution in [3.63, 3.8) is 0 Å². The lowest BCUT2D eigenvalue weighted by Gasteiger charge is -2.08. The number of nitrogens with two attached hydrogens (primary N) is 1. The summed E-state index contributed by atoms with van der Waals surface area (Å²) in [5, 5.41) is 0. The molecule has 0 saturated heterocycles. The van der Waals surface area contributed by atoms with E-state index < -0.39 is 0 Å². The highest BCUT2D eigenvalue weighted by atomic mass is 32.2. The van der Waals surface area contributed by atoms with Crippen LogP contribution < -0.4 is 15.2 Å². The van der Waals surface area contributed by atoms with Crippen LogP contribution in [-0.2, 0) is 0 Å². The zero-order valence-electron chi connectivity index (χ0n) is 11.5. The second-order valence-electron chi connectivity index (χ2n) is 4.27. The molecule has 0 aliphatic carbocycles. The number of para-hydroxylation sites is 1. The molecule has 0 amide bonds. The molecular formula is C16H19NO2S. The van der Waals surface area contributed by atoms with Crippen molar-refractivity contribution in [2.24, 2.45) is 0 Å². The second-order valence-corrected chi connectivity index (χ2v) is 5.41. The molecule has 3 nitrogen and oxygen atoms in total. The molecule has 0 fully saturated rings. The highest BCUT2D eigenvalue weighted by Gasteiger charge is 2.02. The lowest BCUT2D eigenvalue weighted by atomic mass is 10.3. The summed E-state index contributed by atoms with van der Waals surface area (Å²) in [6.07, 6.45) is 0.970. The Kier molecular flexibility index (Phi) is 5.62. The Balaban J connectivity index is 1.71. The van der Waals surface area contributed by atoms with Crippen LogP contribution in [0.25, 0.3) is 0 Å². The van der Waals surface area contributed by atoms with Gasteiger partial charge in [0.05, 0.1) is 13.7 Å². The van der Waals surface area contributed by atoms with Crippen LogP contribution in [0.4, 0.5) is 5.69 Å². The molecule has 0 heterocycles.